The predicted octanol–water partition coefficient (Wildman–Crippen LogP) is 3.49. The minimum atomic E-state index is 0.661. The summed E-state index contributed by atoms with van der Waals surface area (Å²) in [5.41, 5.74) is 4.55. The smallest absolute Gasteiger partial charge is 0.0795 e. The molecular weight excluding hydrogens is 290 g/mol. The van der Waals surface area contributed by atoms with Crippen molar-refractivity contribution in [2.75, 3.05) is 20.1 Å². The van der Waals surface area contributed by atoms with E-state index in [1.54, 1.807) is 11.3 Å². The second-order valence-electron chi connectivity index (χ2n) is 6.45. The Morgan fingerprint density at radius 3 is 2.82 bits per heavy atom. The van der Waals surface area contributed by atoms with Gasteiger partial charge in [-0.05, 0) is 31.5 Å². The van der Waals surface area contributed by atoms with Gasteiger partial charge in [-0.1, -0.05) is 37.3 Å². The van der Waals surface area contributed by atoms with Crippen molar-refractivity contribution in [2.45, 2.75) is 32.5 Å². The second-order valence-corrected chi connectivity index (χ2v) is 7.17. The molecule has 1 saturated heterocycles. The quantitative estimate of drug-likeness (QED) is 0.842. The molecule has 0 spiro atoms. The average Bonchev–Trinajstić information content (AvgIpc) is 3.01. The summed E-state index contributed by atoms with van der Waals surface area (Å²) in [6, 6.07) is 11.5. The van der Waals surface area contributed by atoms with Gasteiger partial charge >= 0.3 is 0 Å². The molecular formula is C18H25N3S. The monoisotopic (exact) mass is 315 g/mol. The number of aromatic nitrogens is 1. The third-order valence-corrected chi connectivity index (χ3v) is 5.29. The van der Waals surface area contributed by atoms with Gasteiger partial charge in [0.25, 0.3) is 0 Å². The van der Waals surface area contributed by atoms with E-state index in [4.69, 9.17) is 0 Å². The Bertz CT molecular complexity index is 555. The van der Waals surface area contributed by atoms with Crippen LogP contribution in [0, 0.1) is 5.92 Å². The zero-order chi connectivity index (χ0) is 15.4. The molecule has 1 aromatic heterocycles. The number of benzene rings is 1. The third-order valence-electron chi connectivity index (χ3n) is 4.65. The van der Waals surface area contributed by atoms with E-state index in [-0.39, 0.29) is 0 Å². The van der Waals surface area contributed by atoms with Crippen molar-refractivity contribution in [3.63, 3.8) is 0 Å². The maximum atomic E-state index is 4.41. The number of hydrogen-bond donors (Lipinski definition) is 0. The standard InChI is InChI=1S/C18H25N3S/c1-15-10-21(11-16-6-4-3-5-7-16)9-8-18(15)20(2)12-17-13-22-14-19-17/h3-7,13-15,18H,8-12H2,1-2H3/t15-,18+/m1/s1. The third kappa shape index (κ3) is 3.94. The lowest BCUT2D eigenvalue weighted by atomic mass is 9.92. The maximum Gasteiger partial charge on any atom is 0.0795 e. The van der Waals surface area contributed by atoms with Crippen LogP contribution in [0.5, 0.6) is 0 Å². The molecule has 0 N–H and O–H groups in total. The lowest BCUT2D eigenvalue weighted by molar-refractivity contribution is 0.0714. The van der Waals surface area contributed by atoms with E-state index in [0.29, 0.717) is 12.0 Å². The van der Waals surface area contributed by atoms with Crippen molar-refractivity contribution in [3.8, 4) is 0 Å². The van der Waals surface area contributed by atoms with E-state index in [1.807, 2.05) is 5.51 Å². The van der Waals surface area contributed by atoms with Crippen molar-refractivity contribution >= 4 is 11.3 Å². The number of likely N-dealkylation sites (tertiary alicyclic amines) is 1. The van der Waals surface area contributed by atoms with Crippen molar-refractivity contribution in [3.05, 3.63) is 52.5 Å². The van der Waals surface area contributed by atoms with Gasteiger partial charge in [0.15, 0.2) is 0 Å². The Labute approximate surface area is 137 Å². The van der Waals surface area contributed by atoms with Gasteiger partial charge in [-0.15, -0.1) is 11.3 Å². The fourth-order valence-corrected chi connectivity index (χ4v) is 4.10. The zero-order valence-electron chi connectivity index (χ0n) is 13.5. The molecule has 0 unspecified atom stereocenters. The highest BCUT2D eigenvalue weighted by molar-refractivity contribution is 7.07. The highest BCUT2D eigenvalue weighted by Gasteiger charge is 2.28. The molecule has 3 rings (SSSR count). The first kappa shape index (κ1) is 15.7. The summed E-state index contributed by atoms with van der Waals surface area (Å²) in [5.74, 6) is 0.695. The highest BCUT2D eigenvalue weighted by Crippen LogP contribution is 2.23. The molecule has 1 aliphatic heterocycles. The number of rotatable bonds is 5. The maximum absolute atomic E-state index is 4.41. The summed E-state index contributed by atoms with van der Waals surface area (Å²) in [5, 5.41) is 2.16. The van der Waals surface area contributed by atoms with Crippen molar-refractivity contribution in [1.29, 1.82) is 0 Å². The fraction of sp³-hybridized carbons (Fsp3) is 0.500. The Morgan fingerprint density at radius 2 is 2.14 bits per heavy atom. The minimum absolute atomic E-state index is 0.661. The van der Waals surface area contributed by atoms with Gasteiger partial charge in [-0.3, -0.25) is 9.80 Å². The van der Waals surface area contributed by atoms with Crippen molar-refractivity contribution in [2.24, 2.45) is 5.92 Å². The van der Waals surface area contributed by atoms with E-state index in [0.717, 1.165) is 13.1 Å². The first-order chi connectivity index (χ1) is 10.7. The molecule has 3 nitrogen and oxygen atoms in total. The summed E-state index contributed by atoms with van der Waals surface area (Å²) in [6.07, 6.45) is 1.24. The molecule has 22 heavy (non-hydrogen) atoms. The largest absolute Gasteiger partial charge is 0.299 e. The molecule has 2 atom stereocenters. The predicted molar refractivity (Wildman–Crippen MR) is 92.9 cm³/mol. The van der Waals surface area contributed by atoms with Gasteiger partial charge < -0.3 is 0 Å². The molecule has 0 saturated carbocycles. The minimum Gasteiger partial charge on any atom is -0.299 e. The van der Waals surface area contributed by atoms with Crippen LogP contribution in [0.2, 0.25) is 0 Å². The van der Waals surface area contributed by atoms with Crippen LogP contribution in [0.15, 0.2) is 41.2 Å². The molecule has 0 amide bonds. The molecule has 1 aromatic carbocycles. The lowest BCUT2D eigenvalue weighted by Crippen LogP contribution is -2.48. The highest BCUT2D eigenvalue weighted by atomic mass is 32.1. The first-order valence-electron chi connectivity index (χ1n) is 8.06. The zero-order valence-corrected chi connectivity index (χ0v) is 14.3. The molecule has 0 radical (unpaired) electrons. The Balaban J connectivity index is 1.53. The van der Waals surface area contributed by atoms with Crippen LogP contribution >= 0.6 is 11.3 Å². The van der Waals surface area contributed by atoms with E-state index in [2.05, 4.69) is 64.5 Å². The molecule has 4 heteroatoms. The summed E-state index contributed by atoms with van der Waals surface area (Å²) in [4.78, 5) is 9.49. The second kappa shape index (κ2) is 7.36. The first-order valence-corrected chi connectivity index (χ1v) is 9.00. The SMILES string of the molecule is C[C@@H]1CN(Cc2ccccc2)CC[C@@H]1N(C)Cc1cscn1. The number of hydrogen-bond acceptors (Lipinski definition) is 4. The van der Waals surface area contributed by atoms with Crippen molar-refractivity contribution in [1.82, 2.24) is 14.8 Å². The molecule has 0 aliphatic carbocycles. The summed E-state index contributed by atoms with van der Waals surface area (Å²) < 4.78 is 0. The van der Waals surface area contributed by atoms with Crippen LogP contribution < -0.4 is 0 Å². The topological polar surface area (TPSA) is 19.4 Å². The molecule has 1 aliphatic rings. The van der Waals surface area contributed by atoms with Gasteiger partial charge in [-0.2, -0.15) is 0 Å². The average molecular weight is 315 g/mol. The van der Waals surface area contributed by atoms with E-state index in [1.165, 1.54) is 30.8 Å². The fourth-order valence-electron chi connectivity index (χ4n) is 3.55. The molecule has 0 bridgehead atoms. The number of thiazole rings is 1. The van der Waals surface area contributed by atoms with Gasteiger partial charge in [0.05, 0.1) is 11.2 Å². The van der Waals surface area contributed by atoms with Crippen LogP contribution in [0.25, 0.3) is 0 Å². The van der Waals surface area contributed by atoms with Crippen molar-refractivity contribution < 1.29 is 0 Å². The van der Waals surface area contributed by atoms with E-state index in [9.17, 15) is 0 Å². The molecule has 118 valence electrons. The summed E-state index contributed by atoms with van der Waals surface area (Å²) in [7, 11) is 2.24. The lowest BCUT2D eigenvalue weighted by Gasteiger charge is -2.41. The Kier molecular flexibility index (Phi) is 5.24. The summed E-state index contributed by atoms with van der Waals surface area (Å²) in [6.45, 7) is 6.80. The molecule has 1 fully saturated rings. The molecule has 2 aromatic rings. The van der Waals surface area contributed by atoms with Crippen LogP contribution in [-0.4, -0.2) is 41.0 Å². The van der Waals surface area contributed by atoms with Crippen LogP contribution in [0.1, 0.15) is 24.6 Å². The summed E-state index contributed by atoms with van der Waals surface area (Å²) >= 11 is 1.68. The van der Waals surface area contributed by atoms with Gasteiger partial charge in [0.1, 0.15) is 0 Å². The van der Waals surface area contributed by atoms with Gasteiger partial charge in [0.2, 0.25) is 0 Å². The van der Waals surface area contributed by atoms with Gasteiger partial charge in [0, 0.05) is 31.1 Å². The van der Waals surface area contributed by atoms with Crippen LogP contribution in [-0.2, 0) is 13.1 Å². The Morgan fingerprint density at radius 1 is 1.32 bits per heavy atom. The normalized spacial score (nSPS) is 23.0. The van der Waals surface area contributed by atoms with E-state index < -0.39 is 0 Å². The number of nitrogens with zero attached hydrogens (tertiary/aromatic N) is 3. The Hall–Kier alpha value is -1.23. The van der Waals surface area contributed by atoms with Crippen LogP contribution in [0.3, 0.4) is 0 Å². The molecule has 2 heterocycles. The van der Waals surface area contributed by atoms with E-state index >= 15 is 0 Å². The number of piperidine rings is 1. The van der Waals surface area contributed by atoms with Crippen LogP contribution in [0.4, 0.5) is 0 Å². The van der Waals surface area contributed by atoms with Gasteiger partial charge in [-0.25, -0.2) is 4.98 Å².